The molecule has 0 bridgehead atoms. The van der Waals surface area contributed by atoms with Crippen molar-refractivity contribution in [3.05, 3.63) is 66.9 Å². The van der Waals surface area contributed by atoms with E-state index in [1.54, 1.807) is 37.2 Å². The van der Waals surface area contributed by atoms with Gasteiger partial charge in [0.2, 0.25) is 0 Å². The number of hydrogen-bond acceptors (Lipinski definition) is 7. The van der Waals surface area contributed by atoms with E-state index < -0.39 is 11.8 Å². The number of nitrogens with one attached hydrogen (secondary N) is 2. The highest BCUT2D eigenvalue weighted by molar-refractivity contribution is 7.13. The molecule has 8 nitrogen and oxygen atoms in total. The van der Waals surface area contributed by atoms with Crippen molar-refractivity contribution in [2.24, 2.45) is 0 Å². The smallest absolute Gasteiger partial charge is 0.267 e. The maximum atomic E-state index is 13.4. The van der Waals surface area contributed by atoms with Crippen LogP contribution in [-0.2, 0) is 6.54 Å². The van der Waals surface area contributed by atoms with Gasteiger partial charge in [-0.25, -0.2) is 4.98 Å². The molecule has 2 heterocycles. The van der Waals surface area contributed by atoms with Crippen molar-refractivity contribution in [2.45, 2.75) is 13.0 Å². The molecule has 1 aromatic carbocycles. The number of amides is 2. The largest absolute Gasteiger partial charge is 0.376 e. The Hall–Kier alpha value is -2.40. The zero-order chi connectivity index (χ0) is 28.0. The van der Waals surface area contributed by atoms with Crippen molar-refractivity contribution in [3.63, 3.8) is 0 Å². The molecule has 2 amide bonds. The molecule has 3 rings (SSSR count). The molecule has 0 unspecified atom stereocenters. The fourth-order valence-electron chi connectivity index (χ4n) is 3.73. The molecule has 204 valence electrons. The first kappa shape index (κ1) is 30.1. The minimum absolute atomic E-state index is 0.180. The lowest BCUT2D eigenvalue weighted by Crippen LogP contribution is -2.23. The van der Waals surface area contributed by atoms with Crippen molar-refractivity contribution in [2.75, 3.05) is 63.9 Å². The molecule has 38 heavy (non-hydrogen) atoms. The number of carbonyl (C=O) groups is 2. The van der Waals surface area contributed by atoms with E-state index in [0.717, 1.165) is 25.1 Å². The third kappa shape index (κ3) is 8.05. The highest BCUT2D eigenvalue weighted by Gasteiger charge is 2.24. The summed E-state index contributed by atoms with van der Waals surface area (Å²) in [4.78, 5) is 37.2. The second kappa shape index (κ2) is 13.6. The van der Waals surface area contributed by atoms with Crippen LogP contribution in [0, 0.1) is 0 Å². The van der Waals surface area contributed by atoms with Crippen LogP contribution in [0.25, 0.3) is 0 Å². The van der Waals surface area contributed by atoms with Gasteiger partial charge in [0.1, 0.15) is 10.7 Å². The predicted molar refractivity (Wildman–Crippen MR) is 160 cm³/mol. The maximum Gasteiger partial charge on any atom is 0.267 e. The van der Waals surface area contributed by atoms with E-state index >= 15 is 0 Å². The Balaban J connectivity index is 1.84. The fourth-order valence-corrected chi connectivity index (χ4v) is 5.29. The molecule has 0 saturated heterocycles. The monoisotopic (exact) mass is 596 g/mol. The van der Waals surface area contributed by atoms with Crippen molar-refractivity contribution >= 4 is 75.1 Å². The number of carbonyl (C=O) groups excluding carboxylic acids is 2. The number of halogens is 3. The molecule has 0 fully saturated rings. The Morgan fingerprint density at radius 3 is 2.32 bits per heavy atom. The van der Waals surface area contributed by atoms with Gasteiger partial charge in [0, 0.05) is 31.9 Å². The molecule has 0 aliphatic rings. The van der Waals surface area contributed by atoms with Crippen LogP contribution >= 0.6 is 46.1 Å². The van der Waals surface area contributed by atoms with Crippen LogP contribution in [0.5, 0.6) is 0 Å². The van der Waals surface area contributed by atoms with E-state index in [9.17, 15) is 9.59 Å². The molecular weight excluding hydrogens is 567 g/mol. The standard InChI is InChI=1S/C26H31Cl3N6O2S/c1-33(2)9-6-10-35(5)14-16-15-38-24(22(16)29)26(37)32-23-19(11-18(28)12-20(23)34(3)4)25(36)31-21-8-7-17(27)13-30-21/h7-8,11-13,15H,6,9-10,14H2,1-5H3,(H,32,37)(H,30,31,36). The Labute approximate surface area is 242 Å². The Morgan fingerprint density at radius 2 is 1.68 bits per heavy atom. The summed E-state index contributed by atoms with van der Waals surface area (Å²) in [6, 6.07) is 6.38. The first-order valence-corrected chi connectivity index (χ1v) is 13.8. The average molecular weight is 598 g/mol. The van der Waals surface area contributed by atoms with E-state index in [4.69, 9.17) is 34.8 Å². The number of aromatic nitrogens is 1. The van der Waals surface area contributed by atoms with Crippen LogP contribution < -0.4 is 15.5 Å². The van der Waals surface area contributed by atoms with Crippen LogP contribution in [0.4, 0.5) is 17.2 Å². The number of thiophene rings is 1. The van der Waals surface area contributed by atoms with E-state index in [2.05, 4.69) is 25.4 Å². The van der Waals surface area contributed by atoms with Crippen LogP contribution in [0.2, 0.25) is 15.1 Å². The van der Waals surface area contributed by atoms with Gasteiger partial charge in [-0.2, -0.15) is 0 Å². The van der Waals surface area contributed by atoms with E-state index in [1.165, 1.54) is 23.6 Å². The lowest BCUT2D eigenvalue weighted by atomic mass is 10.1. The minimum atomic E-state index is -0.488. The highest BCUT2D eigenvalue weighted by Crippen LogP contribution is 2.35. The number of nitrogens with zero attached hydrogens (tertiary/aromatic N) is 4. The van der Waals surface area contributed by atoms with Gasteiger partial charge in [-0.1, -0.05) is 34.8 Å². The zero-order valence-electron chi connectivity index (χ0n) is 21.9. The van der Waals surface area contributed by atoms with E-state index in [-0.39, 0.29) is 5.56 Å². The number of pyridine rings is 1. The topological polar surface area (TPSA) is 80.8 Å². The summed E-state index contributed by atoms with van der Waals surface area (Å²) >= 11 is 20.2. The lowest BCUT2D eigenvalue weighted by molar-refractivity contribution is 0.102. The quantitative estimate of drug-likeness (QED) is 0.280. The Kier molecular flexibility index (Phi) is 10.8. The Bertz CT molecular complexity index is 1280. The SMILES string of the molecule is CN(C)CCCN(C)Cc1csc(C(=O)Nc2c(C(=O)Nc3ccc(Cl)cn3)cc(Cl)cc2N(C)C)c1Cl. The molecule has 0 saturated carbocycles. The summed E-state index contributed by atoms with van der Waals surface area (Å²) in [6.45, 7) is 2.53. The fraction of sp³-hybridized carbons (Fsp3) is 0.346. The normalized spacial score (nSPS) is 11.2. The number of anilines is 3. The predicted octanol–water partition coefficient (Wildman–Crippen LogP) is 6.06. The second-order valence-electron chi connectivity index (χ2n) is 9.31. The van der Waals surface area contributed by atoms with Gasteiger partial charge in [-0.15, -0.1) is 11.3 Å². The number of benzene rings is 1. The summed E-state index contributed by atoms with van der Waals surface area (Å²) in [6.07, 6.45) is 2.46. The van der Waals surface area contributed by atoms with Crippen molar-refractivity contribution < 1.29 is 9.59 Å². The minimum Gasteiger partial charge on any atom is -0.376 e. The van der Waals surface area contributed by atoms with Gasteiger partial charge in [0.15, 0.2) is 0 Å². The zero-order valence-corrected chi connectivity index (χ0v) is 25.0. The summed E-state index contributed by atoms with van der Waals surface area (Å²) in [5.41, 5.74) is 1.93. The molecule has 0 spiro atoms. The van der Waals surface area contributed by atoms with E-state index in [0.29, 0.717) is 43.7 Å². The van der Waals surface area contributed by atoms with Gasteiger partial charge < -0.3 is 25.3 Å². The summed E-state index contributed by atoms with van der Waals surface area (Å²) in [7, 11) is 9.72. The molecule has 0 atom stereocenters. The van der Waals surface area contributed by atoms with Gasteiger partial charge in [0.25, 0.3) is 11.8 Å². The summed E-state index contributed by atoms with van der Waals surface area (Å²) < 4.78 is 0. The molecule has 3 aromatic rings. The van der Waals surface area contributed by atoms with Gasteiger partial charge in [-0.05, 0) is 75.9 Å². The second-order valence-corrected chi connectivity index (χ2v) is 11.4. The summed E-state index contributed by atoms with van der Waals surface area (Å²) in [5.74, 6) is -0.590. The van der Waals surface area contributed by atoms with E-state index in [1.807, 2.05) is 26.5 Å². The molecule has 12 heteroatoms. The Morgan fingerprint density at radius 1 is 0.947 bits per heavy atom. The lowest BCUT2D eigenvalue weighted by Gasteiger charge is -2.21. The maximum absolute atomic E-state index is 13.4. The van der Waals surface area contributed by atoms with Crippen LogP contribution in [0.3, 0.4) is 0 Å². The van der Waals surface area contributed by atoms with Crippen molar-refractivity contribution in [3.8, 4) is 0 Å². The van der Waals surface area contributed by atoms with Crippen molar-refractivity contribution in [1.29, 1.82) is 0 Å². The summed E-state index contributed by atoms with van der Waals surface area (Å²) in [5, 5.41) is 8.71. The van der Waals surface area contributed by atoms with Gasteiger partial charge in [-0.3, -0.25) is 9.59 Å². The number of hydrogen-bond donors (Lipinski definition) is 2. The van der Waals surface area contributed by atoms with Crippen LogP contribution in [0.1, 0.15) is 32.0 Å². The average Bonchev–Trinajstić information content (AvgIpc) is 3.20. The third-order valence-corrected chi connectivity index (χ3v) is 7.62. The first-order valence-electron chi connectivity index (χ1n) is 11.8. The van der Waals surface area contributed by atoms with Crippen LogP contribution in [-0.4, -0.2) is 74.9 Å². The molecular formula is C26H31Cl3N6O2S. The molecule has 2 N–H and O–H groups in total. The molecule has 0 aliphatic carbocycles. The van der Waals surface area contributed by atoms with Crippen LogP contribution in [0.15, 0.2) is 35.8 Å². The first-order chi connectivity index (χ1) is 18.0. The van der Waals surface area contributed by atoms with Crippen molar-refractivity contribution in [1.82, 2.24) is 14.8 Å². The molecule has 2 aromatic heterocycles. The number of rotatable bonds is 11. The third-order valence-electron chi connectivity index (χ3n) is 5.61. The van der Waals surface area contributed by atoms with Gasteiger partial charge >= 0.3 is 0 Å². The molecule has 0 radical (unpaired) electrons. The highest BCUT2D eigenvalue weighted by atomic mass is 35.5. The van der Waals surface area contributed by atoms with Gasteiger partial charge in [0.05, 0.1) is 27.0 Å². The molecule has 0 aliphatic heterocycles.